The molecule has 0 aliphatic carbocycles. The van der Waals surface area contributed by atoms with Crippen LogP contribution in [0.5, 0.6) is 0 Å². The molecule has 120 valence electrons. The number of nitrogens with zero attached hydrogens (tertiary/aromatic N) is 1. The molecule has 1 aliphatic rings. The van der Waals surface area contributed by atoms with Crippen molar-refractivity contribution in [2.75, 3.05) is 24.5 Å². The Hall–Kier alpha value is -2.36. The van der Waals surface area contributed by atoms with E-state index < -0.39 is 0 Å². The smallest absolute Gasteiger partial charge is 0.224 e. The van der Waals surface area contributed by atoms with E-state index in [0.29, 0.717) is 18.9 Å². The number of hydrogen-bond acceptors (Lipinski definition) is 2. The predicted molar refractivity (Wildman–Crippen MR) is 89.9 cm³/mol. The first-order valence-electron chi connectivity index (χ1n) is 8.02. The first-order chi connectivity index (χ1) is 11.2. The van der Waals surface area contributed by atoms with Gasteiger partial charge < -0.3 is 10.2 Å². The highest BCUT2D eigenvalue weighted by Crippen LogP contribution is 2.22. The minimum atomic E-state index is -0.277. The number of para-hydroxylation sites is 1. The van der Waals surface area contributed by atoms with Gasteiger partial charge in [-0.25, -0.2) is 4.39 Å². The molecule has 1 heterocycles. The highest BCUT2D eigenvalue weighted by molar-refractivity contribution is 5.78. The summed E-state index contributed by atoms with van der Waals surface area (Å²) in [7, 11) is 0. The summed E-state index contributed by atoms with van der Waals surface area (Å²) in [4.78, 5) is 14.3. The van der Waals surface area contributed by atoms with Crippen molar-refractivity contribution in [3.05, 3.63) is 66.0 Å². The summed E-state index contributed by atoms with van der Waals surface area (Å²) in [5.41, 5.74) is 2.08. The van der Waals surface area contributed by atoms with Crippen LogP contribution >= 0.6 is 0 Å². The number of hydrogen-bond donors (Lipinski definition) is 1. The summed E-state index contributed by atoms with van der Waals surface area (Å²) in [6, 6.07) is 16.4. The Morgan fingerprint density at radius 3 is 2.61 bits per heavy atom. The van der Waals surface area contributed by atoms with Crippen molar-refractivity contribution < 1.29 is 9.18 Å². The molecule has 1 saturated heterocycles. The average molecular weight is 312 g/mol. The van der Waals surface area contributed by atoms with Gasteiger partial charge >= 0.3 is 0 Å². The van der Waals surface area contributed by atoms with Crippen molar-refractivity contribution in [3.63, 3.8) is 0 Å². The fourth-order valence-electron chi connectivity index (χ4n) is 2.98. The lowest BCUT2D eigenvalue weighted by molar-refractivity contribution is -0.120. The van der Waals surface area contributed by atoms with E-state index in [4.69, 9.17) is 0 Å². The molecular formula is C19H21FN2O. The van der Waals surface area contributed by atoms with E-state index in [1.807, 2.05) is 18.2 Å². The quantitative estimate of drug-likeness (QED) is 0.920. The van der Waals surface area contributed by atoms with E-state index in [2.05, 4.69) is 22.3 Å². The van der Waals surface area contributed by atoms with Gasteiger partial charge in [-0.1, -0.05) is 30.3 Å². The van der Waals surface area contributed by atoms with Crippen molar-refractivity contribution in [2.24, 2.45) is 5.92 Å². The standard InChI is InChI=1S/C19H21FN2O/c20-17-8-6-15(7-9-17)12-19(23)21-13-16-10-11-22(14-16)18-4-2-1-3-5-18/h1-9,16H,10-14H2,(H,21,23). The molecule has 0 saturated carbocycles. The van der Waals surface area contributed by atoms with Gasteiger partial charge in [-0.2, -0.15) is 0 Å². The van der Waals surface area contributed by atoms with Crippen LogP contribution in [0.1, 0.15) is 12.0 Å². The topological polar surface area (TPSA) is 32.3 Å². The Kier molecular flexibility index (Phi) is 4.91. The van der Waals surface area contributed by atoms with Crippen molar-refractivity contribution in [2.45, 2.75) is 12.8 Å². The van der Waals surface area contributed by atoms with Gasteiger partial charge in [0.15, 0.2) is 0 Å². The van der Waals surface area contributed by atoms with Gasteiger partial charge in [0.25, 0.3) is 0 Å². The lowest BCUT2D eigenvalue weighted by Gasteiger charge is -2.18. The van der Waals surface area contributed by atoms with E-state index in [0.717, 1.165) is 25.1 Å². The molecule has 0 radical (unpaired) electrons. The molecule has 0 aromatic heterocycles. The zero-order chi connectivity index (χ0) is 16.1. The third kappa shape index (κ3) is 4.31. The number of nitrogens with one attached hydrogen (secondary N) is 1. The highest BCUT2D eigenvalue weighted by Gasteiger charge is 2.22. The van der Waals surface area contributed by atoms with Crippen LogP contribution in [-0.4, -0.2) is 25.5 Å². The third-order valence-corrected chi connectivity index (χ3v) is 4.27. The third-order valence-electron chi connectivity index (χ3n) is 4.27. The summed E-state index contributed by atoms with van der Waals surface area (Å²) >= 11 is 0. The zero-order valence-corrected chi connectivity index (χ0v) is 13.0. The van der Waals surface area contributed by atoms with Crippen LogP contribution in [0.15, 0.2) is 54.6 Å². The normalized spacial score (nSPS) is 17.3. The minimum Gasteiger partial charge on any atom is -0.371 e. The highest BCUT2D eigenvalue weighted by atomic mass is 19.1. The first-order valence-corrected chi connectivity index (χ1v) is 8.02. The molecule has 1 N–H and O–H groups in total. The van der Waals surface area contributed by atoms with Gasteiger partial charge in [0.2, 0.25) is 5.91 Å². The molecule has 1 amide bonds. The fraction of sp³-hybridized carbons (Fsp3) is 0.316. The van der Waals surface area contributed by atoms with Crippen LogP contribution in [0.25, 0.3) is 0 Å². The molecule has 3 nitrogen and oxygen atoms in total. The summed E-state index contributed by atoms with van der Waals surface area (Å²) in [6.45, 7) is 2.70. The van der Waals surface area contributed by atoms with E-state index >= 15 is 0 Å². The second-order valence-corrected chi connectivity index (χ2v) is 6.04. The maximum atomic E-state index is 12.8. The Labute approximate surface area is 136 Å². The number of carbonyl (C=O) groups is 1. The van der Waals surface area contributed by atoms with Crippen LogP contribution in [0, 0.1) is 11.7 Å². The van der Waals surface area contributed by atoms with Gasteiger partial charge in [0, 0.05) is 25.3 Å². The van der Waals surface area contributed by atoms with E-state index in [-0.39, 0.29) is 11.7 Å². The van der Waals surface area contributed by atoms with Crippen LogP contribution in [0.3, 0.4) is 0 Å². The largest absolute Gasteiger partial charge is 0.371 e. The van der Waals surface area contributed by atoms with E-state index in [1.165, 1.54) is 17.8 Å². The molecule has 2 aromatic carbocycles. The number of rotatable bonds is 5. The Balaban J connectivity index is 1.44. The molecule has 23 heavy (non-hydrogen) atoms. The van der Waals surface area contributed by atoms with E-state index in [1.54, 1.807) is 12.1 Å². The first kappa shape index (κ1) is 15.5. The van der Waals surface area contributed by atoms with Crippen molar-refractivity contribution in [1.82, 2.24) is 5.32 Å². The number of benzene rings is 2. The zero-order valence-electron chi connectivity index (χ0n) is 13.0. The Morgan fingerprint density at radius 2 is 1.87 bits per heavy atom. The molecule has 3 rings (SSSR count). The van der Waals surface area contributed by atoms with Gasteiger partial charge in [-0.05, 0) is 42.2 Å². The van der Waals surface area contributed by atoms with E-state index in [9.17, 15) is 9.18 Å². The SMILES string of the molecule is O=C(Cc1ccc(F)cc1)NCC1CCN(c2ccccc2)C1. The molecular weight excluding hydrogens is 291 g/mol. The van der Waals surface area contributed by atoms with Gasteiger partial charge in [0.05, 0.1) is 6.42 Å². The van der Waals surface area contributed by atoms with Crippen molar-refractivity contribution in [3.8, 4) is 0 Å². The van der Waals surface area contributed by atoms with Crippen molar-refractivity contribution >= 4 is 11.6 Å². The lowest BCUT2D eigenvalue weighted by Crippen LogP contribution is -2.32. The van der Waals surface area contributed by atoms with Crippen LogP contribution in [0.2, 0.25) is 0 Å². The molecule has 1 atom stereocenters. The molecule has 0 spiro atoms. The van der Waals surface area contributed by atoms with Crippen LogP contribution < -0.4 is 10.2 Å². The number of anilines is 1. The summed E-state index contributed by atoms with van der Waals surface area (Å²) in [5, 5.41) is 3.00. The number of carbonyl (C=O) groups excluding carboxylic acids is 1. The molecule has 4 heteroatoms. The lowest BCUT2D eigenvalue weighted by atomic mass is 10.1. The second-order valence-electron chi connectivity index (χ2n) is 6.04. The second kappa shape index (κ2) is 7.27. The average Bonchev–Trinajstić information content (AvgIpc) is 3.05. The summed E-state index contributed by atoms with van der Waals surface area (Å²) < 4.78 is 12.8. The predicted octanol–water partition coefficient (Wildman–Crippen LogP) is 3.01. The maximum absolute atomic E-state index is 12.8. The number of halogens is 1. The van der Waals surface area contributed by atoms with Crippen LogP contribution in [-0.2, 0) is 11.2 Å². The van der Waals surface area contributed by atoms with Crippen molar-refractivity contribution in [1.29, 1.82) is 0 Å². The fourth-order valence-corrected chi connectivity index (χ4v) is 2.98. The molecule has 0 bridgehead atoms. The monoisotopic (exact) mass is 312 g/mol. The van der Waals surface area contributed by atoms with Gasteiger partial charge in [-0.3, -0.25) is 4.79 Å². The summed E-state index contributed by atoms with van der Waals surface area (Å²) in [5.74, 6) is 0.197. The van der Waals surface area contributed by atoms with Gasteiger partial charge in [-0.15, -0.1) is 0 Å². The maximum Gasteiger partial charge on any atom is 0.224 e. The number of amides is 1. The van der Waals surface area contributed by atoms with Crippen LogP contribution in [0.4, 0.5) is 10.1 Å². The summed E-state index contributed by atoms with van der Waals surface area (Å²) in [6.07, 6.45) is 1.39. The Bertz CT molecular complexity index is 642. The minimum absolute atomic E-state index is 0.00484. The molecule has 2 aromatic rings. The molecule has 1 aliphatic heterocycles. The van der Waals surface area contributed by atoms with Gasteiger partial charge in [0.1, 0.15) is 5.82 Å². The Morgan fingerprint density at radius 1 is 1.13 bits per heavy atom. The molecule has 1 fully saturated rings. The molecule has 1 unspecified atom stereocenters.